The van der Waals surface area contributed by atoms with E-state index in [1.54, 1.807) is 0 Å². The van der Waals surface area contributed by atoms with Crippen molar-refractivity contribution >= 4 is 5.82 Å². The van der Waals surface area contributed by atoms with Crippen LogP contribution in [0.5, 0.6) is 0 Å². The van der Waals surface area contributed by atoms with Crippen molar-refractivity contribution < 1.29 is 4.74 Å². The van der Waals surface area contributed by atoms with Gasteiger partial charge in [0.25, 0.3) is 0 Å². The number of anilines is 1. The van der Waals surface area contributed by atoms with E-state index in [4.69, 9.17) is 15.5 Å². The second-order valence-electron chi connectivity index (χ2n) is 5.44. The van der Waals surface area contributed by atoms with E-state index in [0.717, 1.165) is 50.5 Å². The van der Waals surface area contributed by atoms with Gasteiger partial charge in [-0.1, -0.05) is 6.42 Å². The summed E-state index contributed by atoms with van der Waals surface area (Å²) < 4.78 is 5.41. The van der Waals surface area contributed by atoms with Crippen LogP contribution in [0.3, 0.4) is 0 Å². The van der Waals surface area contributed by atoms with Crippen molar-refractivity contribution in [1.82, 2.24) is 9.97 Å². The lowest BCUT2D eigenvalue weighted by atomic mass is 10.0. The Kier molecular flexibility index (Phi) is 3.46. The van der Waals surface area contributed by atoms with Gasteiger partial charge in [-0.3, -0.25) is 0 Å². The van der Waals surface area contributed by atoms with Crippen molar-refractivity contribution in [2.24, 2.45) is 5.92 Å². The summed E-state index contributed by atoms with van der Waals surface area (Å²) in [6, 6.07) is 0. The van der Waals surface area contributed by atoms with Crippen molar-refractivity contribution in [3.05, 3.63) is 17.1 Å². The molecule has 3 rings (SSSR count). The van der Waals surface area contributed by atoms with E-state index in [1.807, 2.05) is 0 Å². The smallest absolute Gasteiger partial charge is 0.131 e. The molecule has 0 spiro atoms. The van der Waals surface area contributed by atoms with Gasteiger partial charge in [-0.2, -0.15) is 0 Å². The summed E-state index contributed by atoms with van der Waals surface area (Å²) in [6.07, 6.45) is 7.88. The fraction of sp³-hybridized carbons (Fsp3) is 0.714. The van der Waals surface area contributed by atoms with Crippen LogP contribution in [0.2, 0.25) is 0 Å². The van der Waals surface area contributed by atoms with E-state index < -0.39 is 0 Å². The number of aromatic nitrogens is 2. The zero-order valence-electron chi connectivity index (χ0n) is 10.8. The molecular formula is C14H21N3O. The Morgan fingerprint density at radius 2 is 2.06 bits per heavy atom. The Labute approximate surface area is 108 Å². The average molecular weight is 247 g/mol. The molecule has 0 aromatic carbocycles. The highest BCUT2D eigenvalue weighted by Gasteiger charge is 2.20. The first-order valence-corrected chi connectivity index (χ1v) is 7.05. The normalized spacial score (nSPS) is 23.7. The number of nitrogens with two attached hydrogens (primary N) is 1. The Bertz CT molecular complexity index is 427. The molecule has 2 aliphatic rings. The van der Waals surface area contributed by atoms with E-state index in [2.05, 4.69) is 4.98 Å². The quantitative estimate of drug-likeness (QED) is 0.811. The van der Waals surface area contributed by atoms with E-state index in [0.29, 0.717) is 5.92 Å². The molecule has 0 amide bonds. The number of hydrogen-bond acceptors (Lipinski definition) is 4. The van der Waals surface area contributed by atoms with Gasteiger partial charge in [-0.25, -0.2) is 9.97 Å². The number of fused-ring (bicyclic) bond motifs is 1. The first kappa shape index (κ1) is 11.9. The van der Waals surface area contributed by atoms with Gasteiger partial charge in [0.1, 0.15) is 11.6 Å². The van der Waals surface area contributed by atoms with E-state index >= 15 is 0 Å². The Balaban J connectivity index is 1.82. The van der Waals surface area contributed by atoms with Crippen LogP contribution in [0.15, 0.2) is 0 Å². The molecule has 1 aliphatic carbocycles. The number of rotatable bonds is 2. The molecule has 1 fully saturated rings. The average Bonchev–Trinajstić information content (AvgIpc) is 2.73. The lowest BCUT2D eigenvalue weighted by Crippen LogP contribution is -2.12. The molecule has 1 unspecified atom stereocenters. The number of ether oxygens (including phenoxy) is 1. The highest BCUT2D eigenvalue weighted by Crippen LogP contribution is 2.24. The highest BCUT2D eigenvalue weighted by molar-refractivity contribution is 5.43. The first-order chi connectivity index (χ1) is 8.83. The zero-order chi connectivity index (χ0) is 12.4. The molecule has 4 nitrogen and oxygen atoms in total. The second-order valence-corrected chi connectivity index (χ2v) is 5.44. The molecular weight excluding hydrogens is 226 g/mol. The lowest BCUT2D eigenvalue weighted by molar-refractivity contribution is 0.185. The first-order valence-electron chi connectivity index (χ1n) is 7.05. The topological polar surface area (TPSA) is 61.0 Å². The van der Waals surface area contributed by atoms with Crippen LogP contribution in [0.4, 0.5) is 5.82 Å². The Morgan fingerprint density at radius 3 is 2.89 bits per heavy atom. The third-order valence-electron chi connectivity index (χ3n) is 4.01. The van der Waals surface area contributed by atoms with Crippen molar-refractivity contribution in [2.45, 2.75) is 44.9 Å². The molecule has 1 saturated heterocycles. The van der Waals surface area contributed by atoms with Crippen LogP contribution in [0.25, 0.3) is 0 Å². The summed E-state index contributed by atoms with van der Waals surface area (Å²) in [5, 5.41) is 0. The van der Waals surface area contributed by atoms with Crippen LogP contribution in [-0.4, -0.2) is 23.2 Å². The molecule has 0 saturated carbocycles. The van der Waals surface area contributed by atoms with Gasteiger partial charge in [0, 0.05) is 30.9 Å². The van der Waals surface area contributed by atoms with E-state index in [1.165, 1.54) is 30.5 Å². The molecule has 98 valence electrons. The zero-order valence-corrected chi connectivity index (χ0v) is 10.8. The van der Waals surface area contributed by atoms with Gasteiger partial charge in [0.2, 0.25) is 0 Å². The second kappa shape index (κ2) is 5.22. The molecule has 1 aliphatic heterocycles. The standard InChI is InChI=1S/C14H21N3O/c15-14-11-4-2-1-3-5-12(11)16-13(17-14)8-10-6-7-18-9-10/h10H,1-9H2,(H2,15,16,17). The maximum Gasteiger partial charge on any atom is 0.131 e. The number of nitrogen functional groups attached to an aromatic ring is 1. The summed E-state index contributed by atoms with van der Waals surface area (Å²) in [5.74, 6) is 2.22. The van der Waals surface area contributed by atoms with Crippen LogP contribution >= 0.6 is 0 Å². The van der Waals surface area contributed by atoms with Crippen molar-refractivity contribution in [2.75, 3.05) is 18.9 Å². The predicted octanol–water partition coefficient (Wildman–Crippen LogP) is 1.91. The minimum Gasteiger partial charge on any atom is -0.383 e. The third kappa shape index (κ3) is 2.48. The fourth-order valence-corrected chi connectivity index (χ4v) is 2.95. The van der Waals surface area contributed by atoms with Crippen LogP contribution in [0, 0.1) is 5.92 Å². The Hall–Kier alpha value is -1.16. The molecule has 2 heterocycles. The van der Waals surface area contributed by atoms with E-state index in [-0.39, 0.29) is 0 Å². The largest absolute Gasteiger partial charge is 0.383 e. The maximum absolute atomic E-state index is 6.10. The van der Waals surface area contributed by atoms with Crippen molar-refractivity contribution in [3.8, 4) is 0 Å². The van der Waals surface area contributed by atoms with E-state index in [9.17, 15) is 0 Å². The predicted molar refractivity (Wildman–Crippen MR) is 70.3 cm³/mol. The minimum atomic E-state index is 0.577. The van der Waals surface area contributed by atoms with Gasteiger partial charge in [-0.15, -0.1) is 0 Å². The van der Waals surface area contributed by atoms with Gasteiger partial charge in [0.05, 0.1) is 0 Å². The summed E-state index contributed by atoms with van der Waals surface area (Å²) in [7, 11) is 0. The minimum absolute atomic E-state index is 0.577. The van der Waals surface area contributed by atoms with Gasteiger partial charge < -0.3 is 10.5 Å². The molecule has 18 heavy (non-hydrogen) atoms. The number of hydrogen-bond donors (Lipinski definition) is 1. The number of aryl methyl sites for hydroxylation is 1. The molecule has 0 bridgehead atoms. The molecule has 1 aromatic heterocycles. The van der Waals surface area contributed by atoms with Crippen LogP contribution in [0.1, 0.15) is 42.8 Å². The molecule has 1 atom stereocenters. The molecule has 2 N–H and O–H groups in total. The molecule has 4 heteroatoms. The maximum atomic E-state index is 6.10. The monoisotopic (exact) mass is 247 g/mol. The summed E-state index contributed by atoms with van der Waals surface area (Å²) >= 11 is 0. The summed E-state index contributed by atoms with van der Waals surface area (Å²) in [5.41, 5.74) is 8.51. The highest BCUT2D eigenvalue weighted by atomic mass is 16.5. The van der Waals surface area contributed by atoms with Crippen LogP contribution < -0.4 is 5.73 Å². The van der Waals surface area contributed by atoms with Gasteiger partial charge in [0.15, 0.2) is 0 Å². The molecule has 0 radical (unpaired) electrons. The summed E-state index contributed by atoms with van der Waals surface area (Å²) in [4.78, 5) is 9.25. The third-order valence-corrected chi connectivity index (χ3v) is 4.01. The summed E-state index contributed by atoms with van der Waals surface area (Å²) in [6.45, 7) is 1.73. The fourth-order valence-electron chi connectivity index (χ4n) is 2.95. The van der Waals surface area contributed by atoms with Crippen molar-refractivity contribution in [3.63, 3.8) is 0 Å². The lowest BCUT2D eigenvalue weighted by Gasteiger charge is -2.12. The van der Waals surface area contributed by atoms with Gasteiger partial charge in [-0.05, 0) is 38.0 Å². The van der Waals surface area contributed by atoms with Crippen molar-refractivity contribution in [1.29, 1.82) is 0 Å². The van der Waals surface area contributed by atoms with Crippen LogP contribution in [-0.2, 0) is 24.0 Å². The Morgan fingerprint density at radius 1 is 1.17 bits per heavy atom. The molecule has 1 aromatic rings. The SMILES string of the molecule is Nc1nc(CC2CCOC2)nc2c1CCCCC2. The number of nitrogens with zero attached hydrogens (tertiary/aromatic N) is 2. The van der Waals surface area contributed by atoms with Gasteiger partial charge >= 0.3 is 0 Å².